The Morgan fingerprint density at radius 2 is 2.33 bits per heavy atom. The zero-order valence-electron chi connectivity index (χ0n) is 7.14. The average Bonchev–Trinajstić information content (AvgIpc) is 2.02. The SMILES string of the molecule is COC(=O)C1(CCCI)COC1. The first kappa shape index (κ1) is 10.2. The van der Waals surface area contributed by atoms with E-state index in [0.29, 0.717) is 13.2 Å². The Morgan fingerprint density at radius 1 is 1.67 bits per heavy atom. The van der Waals surface area contributed by atoms with Crippen LogP contribution in [0.4, 0.5) is 0 Å². The van der Waals surface area contributed by atoms with E-state index >= 15 is 0 Å². The molecule has 0 aromatic carbocycles. The van der Waals surface area contributed by atoms with Gasteiger partial charge in [0.05, 0.1) is 20.3 Å². The van der Waals surface area contributed by atoms with E-state index in [4.69, 9.17) is 9.47 Å². The monoisotopic (exact) mass is 284 g/mol. The van der Waals surface area contributed by atoms with E-state index in [-0.39, 0.29) is 11.4 Å². The number of esters is 1. The number of halogens is 1. The number of carbonyl (C=O) groups is 1. The molecule has 0 aromatic heterocycles. The van der Waals surface area contributed by atoms with Gasteiger partial charge >= 0.3 is 5.97 Å². The van der Waals surface area contributed by atoms with Gasteiger partial charge in [-0.15, -0.1) is 0 Å². The molecule has 1 aliphatic heterocycles. The van der Waals surface area contributed by atoms with Crippen LogP contribution in [0, 0.1) is 5.41 Å². The predicted octanol–water partition coefficient (Wildman–Crippen LogP) is 1.39. The van der Waals surface area contributed by atoms with E-state index in [1.807, 2.05) is 0 Å². The zero-order chi connectivity index (χ0) is 9.03. The molecule has 0 bridgehead atoms. The number of hydrogen-bond donors (Lipinski definition) is 0. The maximum Gasteiger partial charge on any atom is 0.316 e. The second kappa shape index (κ2) is 4.41. The summed E-state index contributed by atoms with van der Waals surface area (Å²) in [5.74, 6) is -0.112. The Bertz CT molecular complexity index is 166. The number of ether oxygens (including phenoxy) is 2. The number of hydrogen-bond acceptors (Lipinski definition) is 3. The largest absolute Gasteiger partial charge is 0.468 e. The van der Waals surface area contributed by atoms with Gasteiger partial charge in [0.1, 0.15) is 5.41 Å². The molecule has 1 fully saturated rings. The molecule has 0 N–H and O–H groups in total. The summed E-state index contributed by atoms with van der Waals surface area (Å²) in [6, 6.07) is 0. The van der Waals surface area contributed by atoms with Crippen LogP contribution in [0.15, 0.2) is 0 Å². The van der Waals surface area contributed by atoms with Crippen molar-refractivity contribution in [1.82, 2.24) is 0 Å². The van der Waals surface area contributed by atoms with Gasteiger partial charge in [-0.3, -0.25) is 4.79 Å². The topological polar surface area (TPSA) is 35.5 Å². The second-order valence-corrected chi connectivity index (χ2v) is 4.14. The summed E-state index contributed by atoms with van der Waals surface area (Å²) in [6.45, 7) is 1.08. The molecule has 0 radical (unpaired) electrons. The lowest BCUT2D eigenvalue weighted by Gasteiger charge is -2.38. The van der Waals surface area contributed by atoms with Gasteiger partial charge in [-0.05, 0) is 17.3 Å². The third kappa shape index (κ3) is 1.90. The molecule has 0 aliphatic carbocycles. The van der Waals surface area contributed by atoms with Crippen LogP contribution in [0.5, 0.6) is 0 Å². The van der Waals surface area contributed by atoms with Crippen LogP contribution in [0.25, 0.3) is 0 Å². The van der Waals surface area contributed by atoms with Crippen molar-refractivity contribution in [1.29, 1.82) is 0 Å². The average molecular weight is 284 g/mol. The standard InChI is InChI=1S/C8H13IO3/c1-11-7(10)8(3-2-4-9)5-12-6-8/h2-6H2,1H3. The van der Waals surface area contributed by atoms with Gasteiger partial charge in [-0.1, -0.05) is 22.6 Å². The quantitative estimate of drug-likeness (QED) is 0.444. The minimum absolute atomic E-state index is 0.112. The third-order valence-corrected chi connectivity index (χ3v) is 2.93. The molecule has 3 nitrogen and oxygen atoms in total. The van der Waals surface area contributed by atoms with Crippen molar-refractivity contribution in [2.24, 2.45) is 5.41 Å². The van der Waals surface area contributed by atoms with Gasteiger partial charge in [0.2, 0.25) is 0 Å². The van der Waals surface area contributed by atoms with Gasteiger partial charge in [-0.25, -0.2) is 0 Å². The molecule has 0 aromatic rings. The summed E-state index contributed by atoms with van der Waals surface area (Å²) in [5.41, 5.74) is -0.306. The number of rotatable bonds is 4. The van der Waals surface area contributed by atoms with Crippen molar-refractivity contribution in [3.63, 3.8) is 0 Å². The molecule has 1 saturated heterocycles. The highest BCUT2D eigenvalue weighted by molar-refractivity contribution is 14.1. The Labute approximate surface area is 85.9 Å². The number of carbonyl (C=O) groups excluding carboxylic acids is 1. The fourth-order valence-corrected chi connectivity index (χ4v) is 1.72. The lowest BCUT2D eigenvalue weighted by molar-refractivity contribution is -0.184. The Balaban J connectivity index is 2.44. The normalized spacial score (nSPS) is 19.8. The van der Waals surface area contributed by atoms with Crippen molar-refractivity contribution in [3.8, 4) is 0 Å². The highest BCUT2D eigenvalue weighted by atomic mass is 127. The maximum atomic E-state index is 11.3. The predicted molar refractivity (Wildman–Crippen MR) is 53.4 cm³/mol. The van der Waals surface area contributed by atoms with Crippen LogP contribution in [-0.4, -0.2) is 30.7 Å². The molecule has 4 heteroatoms. The van der Waals surface area contributed by atoms with Crippen LogP contribution < -0.4 is 0 Å². The van der Waals surface area contributed by atoms with Gasteiger partial charge < -0.3 is 9.47 Å². The van der Waals surface area contributed by atoms with E-state index in [1.54, 1.807) is 0 Å². The maximum absolute atomic E-state index is 11.3. The van der Waals surface area contributed by atoms with Gasteiger partial charge in [-0.2, -0.15) is 0 Å². The first-order valence-corrected chi connectivity index (χ1v) is 5.50. The molecule has 0 amide bonds. The van der Waals surface area contributed by atoms with Gasteiger partial charge in [0, 0.05) is 0 Å². The van der Waals surface area contributed by atoms with Crippen molar-refractivity contribution in [2.75, 3.05) is 24.8 Å². The van der Waals surface area contributed by atoms with Crippen LogP contribution in [0.3, 0.4) is 0 Å². The Morgan fingerprint density at radius 3 is 2.67 bits per heavy atom. The smallest absolute Gasteiger partial charge is 0.316 e. The first-order chi connectivity index (χ1) is 5.75. The van der Waals surface area contributed by atoms with E-state index in [0.717, 1.165) is 17.3 Å². The molecular formula is C8H13IO3. The molecule has 0 atom stereocenters. The molecule has 0 unspecified atom stereocenters. The third-order valence-electron chi connectivity index (χ3n) is 2.16. The van der Waals surface area contributed by atoms with Crippen LogP contribution in [0.2, 0.25) is 0 Å². The Kier molecular flexibility index (Phi) is 3.77. The lowest BCUT2D eigenvalue weighted by Crippen LogP contribution is -2.49. The molecule has 12 heavy (non-hydrogen) atoms. The van der Waals surface area contributed by atoms with E-state index in [9.17, 15) is 4.79 Å². The van der Waals surface area contributed by atoms with Gasteiger partial charge in [0.25, 0.3) is 0 Å². The van der Waals surface area contributed by atoms with E-state index in [1.165, 1.54) is 7.11 Å². The highest BCUT2D eigenvalue weighted by Crippen LogP contribution is 2.34. The van der Waals surface area contributed by atoms with Crippen molar-refractivity contribution < 1.29 is 14.3 Å². The number of alkyl halides is 1. The van der Waals surface area contributed by atoms with Crippen LogP contribution in [-0.2, 0) is 14.3 Å². The number of methoxy groups -OCH3 is 1. The minimum Gasteiger partial charge on any atom is -0.468 e. The van der Waals surface area contributed by atoms with Crippen LogP contribution >= 0.6 is 22.6 Å². The highest BCUT2D eigenvalue weighted by Gasteiger charge is 2.46. The summed E-state index contributed by atoms with van der Waals surface area (Å²) >= 11 is 2.31. The lowest BCUT2D eigenvalue weighted by atomic mass is 9.81. The molecule has 0 spiro atoms. The summed E-state index contributed by atoms with van der Waals surface area (Å²) in [5, 5.41) is 0. The zero-order valence-corrected chi connectivity index (χ0v) is 9.30. The fraction of sp³-hybridized carbons (Fsp3) is 0.875. The molecule has 70 valence electrons. The fourth-order valence-electron chi connectivity index (χ4n) is 1.33. The Hall–Kier alpha value is 0.160. The molecule has 1 aliphatic rings. The van der Waals surface area contributed by atoms with Crippen molar-refractivity contribution in [2.45, 2.75) is 12.8 Å². The molecule has 1 rings (SSSR count). The summed E-state index contributed by atoms with van der Waals surface area (Å²) in [7, 11) is 1.44. The first-order valence-electron chi connectivity index (χ1n) is 3.97. The minimum atomic E-state index is -0.306. The van der Waals surface area contributed by atoms with Crippen LogP contribution in [0.1, 0.15) is 12.8 Å². The van der Waals surface area contributed by atoms with Crippen molar-refractivity contribution in [3.05, 3.63) is 0 Å². The molecule has 1 heterocycles. The van der Waals surface area contributed by atoms with E-state index in [2.05, 4.69) is 22.6 Å². The second-order valence-electron chi connectivity index (χ2n) is 3.06. The summed E-state index contributed by atoms with van der Waals surface area (Å²) < 4.78 is 10.9. The molecule has 0 saturated carbocycles. The van der Waals surface area contributed by atoms with E-state index < -0.39 is 0 Å². The molecular weight excluding hydrogens is 271 g/mol. The van der Waals surface area contributed by atoms with Crippen molar-refractivity contribution >= 4 is 28.6 Å². The summed E-state index contributed by atoms with van der Waals surface area (Å²) in [6.07, 6.45) is 1.95. The summed E-state index contributed by atoms with van der Waals surface area (Å²) in [4.78, 5) is 11.3. The van der Waals surface area contributed by atoms with Gasteiger partial charge in [0.15, 0.2) is 0 Å².